The van der Waals surface area contributed by atoms with Crippen LogP contribution in [0.3, 0.4) is 0 Å². The molecule has 0 saturated heterocycles. The minimum absolute atomic E-state index is 0.0972. The highest BCUT2D eigenvalue weighted by atomic mass is 32.2. The summed E-state index contributed by atoms with van der Waals surface area (Å²) in [6.45, 7) is 0. The van der Waals surface area contributed by atoms with Crippen molar-refractivity contribution in [3.8, 4) is 5.75 Å². The first-order valence-corrected chi connectivity index (χ1v) is 6.52. The third-order valence-corrected chi connectivity index (χ3v) is 3.10. The lowest BCUT2D eigenvalue weighted by Crippen LogP contribution is -2.07. The molecular weight excluding hydrogens is 260 g/mol. The summed E-state index contributed by atoms with van der Waals surface area (Å²) in [5, 5.41) is 10.6. The van der Waals surface area contributed by atoms with E-state index in [0.717, 1.165) is 4.90 Å². The molecule has 3 nitrogen and oxygen atoms in total. The molecule has 0 saturated carbocycles. The van der Waals surface area contributed by atoms with E-state index in [4.69, 9.17) is 9.84 Å². The predicted molar refractivity (Wildman–Crippen MR) is 75.1 cm³/mol. The maximum Gasteiger partial charge on any atom is 0.372 e. The lowest BCUT2D eigenvalue weighted by Gasteiger charge is -2.05. The molecule has 4 heteroatoms. The van der Waals surface area contributed by atoms with Crippen molar-refractivity contribution in [2.24, 2.45) is 0 Å². The molecule has 2 aromatic rings. The molecule has 2 rings (SSSR count). The molecule has 0 heterocycles. The van der Waals surface area contributed by atoms with Gasteiger partial charge in [0.2, 0.25) is 5.76 Å². The van der Waals surface area contributed by atoms with Gasteiger partial charge >= 0.3 is 5.97 Å². The molecule has 0 aliphatic heterocycles. The van der Waals surface area contributed by atoms with Gasteiger partial charge in [0.1, 0.15) is 5.75 Å². The van der Waals surface area contributed by atoms with Crippen LogP contribution in [-0.4, -0.2) is 11.1 Å². The number of hydrogen-bond donors (Lipinski definition) is 1. The molecule has 0 bridgehead atoms. The fourth-order valence-corrected chi connectivity index (χ4v) is 2.06. The number of ether oxygens (including phenoxy) is 1. The number of aliphatic carboxylic acids is 1. The Bertz CT molecular complexity index is 564. The van der Waals surface area contributed by atoms with E-state index in [1.54, 1.807) is 24.3 Å². The molecule has 2 aromatic carbocycles. The first-order chi connectivity index (χ1) is 9.25. The number of carboxylic acids is 1. The van der Waals surface area contributed by atoms with E-state index in [-0.39, 0.29) is 5.76 Å². The van der Waals surface area contributed by atoms with Crippen LogP contribution in [-0.2, 0) is 4.79 Å². The van der Waals surface area contributed by atoms with Crippen LogP contribution in [0.25, 0.3) is 0 Å². The first kappa shape index (κ1) is 13.2. The Morgan fingerprint density at radius 2 is 1.58 bits per heavy atom. The third kappa shape index (κ3) is 4.19. The number of thioether (sulfide) groups is 1. The Kier molecular flexibility index (Phi) is 4.64. The molecule has 1 N–H and O–H groups in total. The highest BCUT2D eigenvalue weighted by molar-refractivity contribution is 8.02. The maximum atomic E-state index is 11.1. The zero-order valence-electron chi connectivity index (χ0n) is 10.0. The van der Waals surface area contributed by atoms with Crippen molar-refractivity contribution in [3.63, 3.8) is 0 Å². The minimum atomic E-state index is -1.09. The average Bonchev–Trinajstić information content (AvgIpc) is 2.45. The molecule has 96 valence electrons. The van der Waals surface area contributed by atoms with Gasteiger partial charge in [-0.25, -0.2) is 4.79 Å². The van der Waals surface area contributed by atoms with E-state index >= 15 is 0 Å². The number of hydrogen-bond acceptors (Lipinski definition) is 3. The van der Waals surface area contributed by atoms with E-state index < -0.39 is 5.97 Å². The molecule has 19 heavy (non-hydrogen) atoms. The molecule has 0 aliphatic rings. The van der Waals surface area contributed by atoms with Crippen molar-refractivity contribution < 1.29 is 14.6 Å². The second-order valence-electron chi connectivity index (χ2n) is 3.63. The lowest BCUT2D eigenvalue weighted by molar-refractivity contribution is -0.135. The van der Waals surface area contributed by atoms with Crippen LogP contribution >= 0.6 is 11.8 Å². The molecule has 0 amide bonds. The summed E-state index contributed by atoms with van der Waals surface area (Å²) in [7, 11) is 0. The number of carboxylic acid groups (broad SMARTS) is 1. The first-order valence-electron chi connectivity index (χ1n) is 5.64. The summed E-state index contributed by atoms with van der Waals surface area (Å²) >= 11 is 1.31. The average molecular weight is 272 g/mol. The van der Waals surface area contributed by atoms with Gasteiger partial charge in [0, 0.05) is 10.3 Å². The van der Waals surface area contributed by atoms with Gasteiger partial charge in [0.15, 0.2) is 0 Å². The van der Waals surface area contributed by atoms with Gasteiger partial charge in [-0.1, -0.05) is 48.2 Å². The predicted octanol–water partition coefficient (Wildman–Crippen LogP) is 3.78. The lowest BCUT2D eigenvalue weighted by atomic mass is 10.3. The van der Waals surface area contributed by atoms with Crippen LogP contribution in [0, 0.1) is 0 Å². The van der Waals surface area contributed by atoms with E-state index in [1.165, 1.54) is 17.2 Å². The molecule has 0 aliphatic carbocycles. The Morgan fingerprint density at radius 1 is 1.00 bits per heavy atom. The van der Waals surface area contributed by atoms with Gasteiger partial charge in [0.05, 0.1) is 0 Å². The summed E-state index contributed by atoms with van der Waals surface area (Å²) in [5.74, 6) is -0.683. The van der Waals surface area contributed by atoms with E-state index in [2.05, 4.69) is 0 Å². The van der Waals surface area contributed by atoms with Gasteiger partial charge < -0.3 is 9.84 Å². The van der Waals surface area contributed by atoms with Gasteiger partial charge in [-0.2, -0.15) is 0 Å². The number of para-hydroxylation sites is 1. The monoisotopic (exact) mass is 272 g/mol. The van der Waals surface area contributed by atoms with E-state index in [1.807, 2.05) is 36.4 Å². The Labute approximate surface area is 115 Å². The molecule has 0 spiro atoms. The fraction of sp³-hybridized carbons (Fsp3) is 0. The summed E-state index contributed by atoms with van der Waals surface area (Å²) in [4.78, 5) is 12.1. The SMILES string of the molecule is O=C(O)C(=CSc1ccccc1)Oc1ccccc1. The number of rotatable bonds is 5. The summed E-state index contributed by atoms with van der Waals surface area (Å²) in [6, 6.07) is 18.4. The highest BCUT2D eigenvalue weighted by Gasteiger charge is 2.10. The van der Waals surface area contributed by atoms with Crippen LogP contribution in [0.1, 0.15) is 0 Å². The second kappa shape index (κ2) is 6.66. The van der Waals surface area contributed by atoms with Gasteiger partial charge in [-0.3, -0.25) is 0 Å². The summed E-state index contributed by atoms with van der Waals surface area (Å²) < 4.78 is 5.34. The Hall–Kier alpha value is -2.20. The van der Waals surface area contributed by atoms with E-state index in [9.17, 15) is 4.79 Å². The van der Waals surface area contributed by atoms with Gasteiger partial charge in [-0.15, -0.1) is 0 Å². The summed E-state index contributed by atoms with van der Waals surface area (Å²) in [5.41, 5.74) is 0. The molecule has 0 atom stereocenters. The molecule has 0 unspecified atom stereocenters. The van der Waals surface area contributed by atoms with Crippen molar-refractivity contribution in [1.29, 1.82) is 0 Å². The van der Waals surface area contributed by atoms with Crippen LogP contribution < -0.4 is 4.74 Å². The zero-order chi connectivity index (χ0) is 13.5. The van der Waals surface area contributed by atoms with Gasteiger partial charge in [-0.05, 0) is 24.3 Å². The molecular formula is C15H12O3S. The van der Waals surface area contributed by atoms with Crippen LogP contribution in [0.15, 0.2) is 76.7 Å². The van der Waals surface area contributed by atoms with Crippen LogP contribution in [0.4, 0.5) is 0 Å². The minimum Gasteiger partial charge on any atom is -0.475 e. The zero-order valence-corrected chi connectivity index (χ0v) is 10.8. The van der Waals surface area contributed by atoms with E-state index in [0.29, 0.717) is 5.75 Å². The van der Waals surface area contributed by atoms with Crippen LogP contribution in [0.5, 0.6) is 5.75 Å². The van der Waals surface area contributed by atoms with Crippen molar-refractivity contribution in [2.75, 3.05) is 0 Å². The number of benzene rings is 2. The topological polar surface area (TPSA) is 46.5 Å². The molecule has 0 fully saturated rings. The molecule has 0 aromatic heterocycles. The Balaban J connectivity index is 2.10. The highest BCUT2D eigenvalue weighted by Crippen LogP contribution is 2.22. The van der Waals surface area contributed by atoms with Crippen molar-refractivity contribution >= 4 is 17.7 Å². The maximum absolute atomic E-state index is 11.1. The Morgan fingerprint density at radius 3 is 2.16 bits per heavy atom. The second-order valence-corrected chi connectivity index (χ2v) is 4.58. The van der Waals surface area contributed by atoms with Crippen molar-refractivity contribution in [1.82, 2.24) is 0 Å². The quantitative estimate of drug-likeness (QED) is 0.511. The van der Waals surface area contributed by atoms with Gasteiger partial charge in [0.25, 0.3) is 0 Å². The smallest absolute Gasteiger partial charge is 0.372 e. The largest absolute Gasteiger partial charge is 0.475 e. The van der Waals surface area contributed by atoms with Crippen LogP contribution in [0.2, 0.25) is 0 Å². The van der Waals surface area contributed by atoms with Crippen molar-refractivity contribution in [2.45, 2.75) is 4.90 Å². The molecule has 0 radical (unpaired) electrons. The third-order valence-electron chi connectivity index (χ3n) is 2.23. The van der Waals surface area contributed by atoms with Crippen molar-refractivity contribution in [3.05, 3.63) is 71.8 Å². The standard InChI is InChI=1S/C15H12O3S/c16-15(17)14(18-12-7-3-1-4-8-12)11-19-13-9-5-2-6-10-13/h1-11H,(H,16,17). The normalized spacial score (nSPS) is 11.1. The number of carbonyl (C=O) groups is 1. The fourth-order valence-electron chi connectivity index (χ4n) is 1.35. The summed E-state index contributed by atoms with van der Waals surface area (Å²) in [6.07, 6.45) is 0.